The van der Waals surface area contributed by atoms with Crippen molar-refractivity contribution in [1.82, 2.24) is 9.78 Å². The highest BCUT2D eigenvalue weighted by molar-refractivity contribution is 6.06. The summed E-state index contributed by atoms with van der Waals surface area (Å²) in [6.45, 7) is 0. The second-order valence-electron chi connectivity index (χ2n) is 7.39. The number of allylic oxidation sites excluding steroid dienone is 2. The van der Waals surface area contributed by atoms with Crippen molar-refractivity contribution in [2.45, 2.75) is 12.8 Å². The standard InChI is InChI=1S/C26H22N4O2/c1-3-18-8-7-11-21(16-18)26(32)28-24-17-23(29-30(24)2)19-12-14-22(15-13-19)27-25(31)20-9-5-4-6-10-20/h1,5,7-17H,4,6H2,2H3,(H,27,31)(H,28,32). The number of rotatable bonds is 5. The summed E-state index contributed by atoms with van der Waals surface area (Å²) < 4.78 is 1.61. The number of hydrogen-bond acceptors (Lipinski definition) is 3. The predicted octanol–water partition coefficient (Wildman–Crippen LogP) is 4.54. The molecule has 0 spiro atoms. The number of amides is 2. The van der Waals surface area contributed by atoms with E-state index in [4.69, 9.17) is 6.42 Å². The molecule has 1 aliphatic rings. The van der Waals surface area contributed by atoms with Crippen LogP contribution in [0.3, 0.4) is 0 Å². The molecule has 0 fully saturated rings. The topological polar surface area (TPSA) is 76.0 Å². The smallest absolute Gasteiger partial charge is 0.256 e. The van der Waals surface area contributed by atoms with Gasteiger partial charge in [0.05, 0.1) is 5.69 Å². The van der Waals surface area contributed by atoms with E-state index in [0.717, 1.165) is 18.4 Å². The lowest BCUT2D eigenvalue weighted by Crippen LogP contribution is -2.14. The fourth-order valence-corrected chi connectivity index (χ4v) is 3.37. The molecule has 1 aromatic heterocycles. The number of nitrogens with zero attached hydrogens (tertiary/aromatic N) is 2. The van der Waals surface area contributed by atoms with Crippen molar-refractivity contribution in [2.24, 2.45) is 7.05 Å². The zero-order valence-electron chi connectivity index (χ0n) is 17.6. The van der Waals surface area contributed by atoms with Gasteiger partial charge in [0.1, 0.15) is 5.82 Å². The maximum Gasteiger partial charge on any atom is 0.256 e. The molecule has 6 heteroatoms. The molecule has 4 rings (SSSR count). The lowest BCUT2D eigenvalue weighted by Gasteiger charge is -2.08. The second-order valence-corrected chi connectivity index (χ2v) is 7.39. The Morgan fingerprint density at radius 3 is 2.56 bits per heavy atom. The Kier molecular flexibility index (Phi) is 6.00. The largest absolute Gasteiger partial charge is 0.322 e. The third kappa shape index (κ3) is 4.68. The monoisotopic (exact) mass is 422 g/mol. The van der Waals surface area contributed by atoms with Gasteiger partial charge in [0, 0.05) is 41.1 Å². The SMILES string of the molecule is C#Cc1cccc(C(=O)Nc2cc(-c3ccc(NC(=O)C4=CCCC=C4)cc3)nn2C)c1. The molecule has 0 aliphatic heterocycles. The minimum Gasteiger partial charge on any atom is -0.322 e. The number of aromatic nitrogens is 2. The van der Waals surface area contributed by atoms with E-state index in [-0.39, 0.29) is 11.8 Å². The summed E-state index contributed by atoms with van der Waals surface area (Å²) in [7, 11) is 1.76. The number of anilines is 2. The summed E-state index contributed by atoms with van der Waals surface area (Å²) in [6.07, 6.45) is 13.1. The van der Waals surface area contributed by atoms with Gasteiger partial charge in [-0.1, -0.05) is 42.3 Å². The summed E-state index contributed by atoms with van der Waals surface area (Å²) in [5.74, 6) is 2.70. The van der Waals surface area contributed by atoms with Gasteiger partial charge in [-0.15, -0.1) is 6.42 Å². The highest BCUT2D eigenvalue weighted by Gasteiger charge is 2.13. The Morgan fingerprint density at radius 1 is 1.03 bits per heavy atom. The fourth-order valence-electron chi connectivity index (χ4n) is 3.37. The quantitative estimate of drug-likeness (QED) is 0.593. The molecule has 0 saturated heterocycles. The Balaban J connectivity index is 1.45. The molecule has 158 valence electrons. The first kappa shape index (κ1) is 20.9. The summed E-state index contributed by atoms with van der Waals surface area (Å²) in [5.41, 5.74) is 4.08. The molecule has 6 nitrogen and oxygen atoms in total. The van der Waals surface area contributed by atoms with E-state index in [9.17, 15) is 9.59 Å². The summed E-state index contributed by atoms with van der Waals surface area (Å²) in [4.78, 5) is 24.9. The third-order valence-corrected chi connectivity index (χ3v) is 5.11. The lowest BCUT2D eigenvalue weighted by atomic mass is 10.1. The van der Waals surface area contributed by atoms with E-state index >= 15 is 0 Å². The molecular weight excluding hydrogens is 400 g/mol. The van der Waals surface area contributed by atoms with Crippen molar-refractivity contribution < 1.29 is 9.59 Å². The Bertz CT molecular complexity index is 1270. The molecule has 0 radical (unpaired) electrons. The van der Waals surface area contributed by atoms with E-state index in [0.29, 0.717) is 33.9 Å². The average Bonchev–Trinajstić information content (AvgIpc) is 3.20. The van der Waals surface area contributed by atoms with Gasteiger partial charge in [0.15, 0.2) is 0 Å². The first-order chi connectivity index (χ1) is 15.5. The maximum atomic E-state index is 12.6. The second kappa shape index (κ2) is 9.19. The van der Waals surface area contributed by atoms with Crippen molar-refractivity contribution >= 4 is 23.3 Å². The molecule has 2 aromatic carbocycles. The molecular formula is C26H22N4O2. The van der Waals surface area contributed by atoms with Gasteiger partial charge in [-0.05, 0) is 43.2 Å². The summed E-state index contributed by atoms with van der Waals surface area (Å²) in [5, 5.41) is 10.3. The van der Waals surface area contributed by atoms with Gasteiger partial charge in [0.2, 0.25) is 0 Å². The van der Waals surface area contributed by atoms with Crippen LogP contribution in [-0.4, -0.2) is 21.6 Å². The molecule has 0 saturated carbocycles. The Hall–Kier alpha value is -4.37. The van der Waals surface area contributed by atoms with Crippen LogP contribution in [0.4, 0.5) is 11.5 Å². The normalized spacial score (nSPS) is 12.6. The minimum absolute atomic E-state index is 0.120. The van der Waals surface area contributed by atoms with Crippen molar-refractivity contribution in [1.29, 1.82) is 0 Å². The zero-order valence-corrected chi connectivity index (χ0v) is 17.6. The number of carbonyl (C=O) groups excluding carboxylic acids is 2. The van der Waals surface area contributed by atoms with E-state index in [1.807, 2.05) is 42.5 Å². The molecule has 3 aromatic rings. The van der Waals surface area contributed by atoms with Crippen molar-refractivity contribution in [3.05, 3.63) is 89.5 Å². The number of hydrogen-bond donors (Lipinski definition) is 2. The van der Waals surface area contributed by atoms with Crippen LogP contribution in [0.25, 0.3) is 11.3 Å². The van der Waals surface area contributed by atoms with Gasteiger partial charge in [0.25, 0.3) is 11.8 Å². The molecule has 1 aliphatic carbocycles. The van der Waals surface area contributed by atoms with E-state index < -0.39 is 0 Å². The lowest BCUT2D eigenvalue weighted by molar-refractivity contribution is -0.112. The van der Waals surface area contributed by atoms with Crippen LogP contribution in [0.15, 0.2) is 78.4 Å². The number of aryl methyl sites for hydroxylation is 1. The first-order valence-corrected chi connectivity index (χ1v) is 10.2. The van der Waals surface area contributed by atoms with Crippen molar-refractivity contribution in [2.75, 3.05) is 10.6 Å². The van der Waals surface area contributed by atoms with Gasteiger partial charge in [-0.25, -0.2) is 0 Å². The minimum atomic E-state index is -0.263. The summed E-state index contributed by atoms with van der Waals surface area (Å²) >= 11 is 0. The van der Waals surface area contributed by atoms with Crippen LogP contribution >= 0.6 is 0 Å². The Morgan fingerprint density at radius 2 is 1.84 bits per heavy atom. The van der Waals surface area contributed by atoms with Crippen LogP contribution in [0.1, 0.15) is 28.8 Å². The van der Waals surface area contributed by atoms with Gasteiger partial charge in [-0.3, -0.25) is 14.3 Å². The molecule has 1 heterocycles. The average molecular weight is 422 g/mol. The highest BCUT2D eigenvalue weighted by atomic mass is 16.2. The van der Waals surface area contributed by atoms with E-state index in [1.54, 1.807) is 42.1 Å². The number of terminal acetylenes is 1. The molecule has 0 unspecified atom stereocenters. The highest BCUT2D eigenvalue weighted by Crippen LogP contribution is 2.24. The van der Waals surface area contributed by atoms with Crippen LogP contribution < -0.4 is 10.6 Å². The van der Waals surface area contributed by atoms with Gasteiger partial charge in [-0.2, -0.15) is 5.10 Å². The third-order valence-electron chi connectivity index (χ3n) is 5.11. The van der Waals surface area contributed by atoms with Gasteiger partial charge >= 0.3 is 0 Å². The molecule has 2 N–H and O–H groups in total. The number of benzene rings is 2. The van der Waals surface area contributed by atoms with E-state index in [1.165, 1.54) is 0 Å². The molecule has 2 amide bonds. The van der Waals surface area contributed by atoms with E-state index in [2.05, 4.69) is 21.7 Å². The van der Waals surface area contributed by atoms with Crippen LogP contribution in [0.2, 0.25) is 0 Å². The predicted molar refractivity (Wildman–Crippen MR) is 126 cm³/mol. The summed E-state index contributed by atoms with van der Waals surface area (Å²) in [6, 6.07) is 16.1. The first-order valence-electron chi connectivity index (χ1n) is 10.2. The van der Waals surface area contributed by atoms with Crippen molar-refractivity contribution in [3.63, 3.8) is 0 Å². The van der Waals surface area contributed by atoms with Gasteiger partial charge < -0.3 is 10.6 Å². The number of nitrogens with one attached hydrogen (secondary N) is 2. The maximum absolute atomic E-state index is 12.6. The Labute approximate surface area is 186 Å². The van der Waals surface area contributed by atoms with Crippen LogP contribution in [0, 0.1) is 12.3 Å². The van der Waals surface area contributed by atoms with Crippen molar-refractivity contribution in [3.8, 4) is 23.6 Å². The fraction of sp³-hybridized carbons (Fsp3) is 0.115. The zero-order chi connectivity index (χ0) is 22.5. The van der Waals surface area contributed by atoms with Crippen LogP contribution in [0.5, 0.6) is 0 Å². The molecule has 0 bridgehead atoms. The molecule has 32 heavy (non-hydrogen) atoms. The number of carbonyl (C=O) groups is 2. The molecule has 0 atom stereocenters. The van der Waals surface area contributed by atoms with Crippen LogP contribution in [-0.2, 0) is 11.8 Å².